The minimum absolute atomic E-state index is 0.0108. The van der Waals surface area contributed by atoms with Crippen LogP contribution in [0, 0.1) is 5.92 Å². The van der Waals surface area contributed by atoms with E-state index in [-0.39, 0.29) is 17.3 Å². The summed E-state index contributed by atoms with van der Waals surface area (Å²) in [5.74, 6) is -0.281. The van der Waals surface area contributed by atoms with E-state index in [0.29, 0.717) is 12.8 Å². The molecule has 3 N–H and O–H groups in total. The molecule has 0 aromatic rings. The van der Waals surface area contributed by atoms with Crippen LogP contribution >= 0.6 is 0 Å². The summed E-state index contributed by atoms with van der Waals surface area (Å²) in [6, 6.07) is 0. The van der Waals surface area contributed by atoms with Crippen LogP contribution in [0.15, 0.2) is 23.5 Å². The number of aliphatic hydroxyl groups excluding tert-OH is 2. The lowest BCUT2D eigenvalue weighted by Gasteiger charge is -2.31. The number of cyclic esters (lactones) is 1. The summed E-state index contributed by atoms with van der Waals surface area (Å²) in [6.07, 6.45) is 0.879. The van der Waals surface area contributed by atoms with Gasteiger partial charge in [-0.2, -0.15) is 0 Å². The zero-order chi connectivity index (χ0) is 17.4. The second kappa shape index (κ2) is 6.63. The largest absolute Gasteiger partial charge is 0.483 e. The first kappa shape index (κ1) is 18.0. The lowest BCUT2D eigenvalue weighted by molar-refractivity contribution is -0.140. The van der Waals surface area contributed by atoms with E-state index in [0.717, 1.165) is 0 Å². The Hall–Kier alpha value is -1.37. The van der Waals surface area contributed by atoms with E-state index >= 15 is 0 Å². The van der Waals surface area contributed by atoms with Gasteiger partial charge in [0.1, 0.15) is 23.9 Å². The topological polar surface area (TPSA) is 96.2 Å². The molecule has 0 amide bonds. The van der Waals surface area contributed by atoms with E-state index in [1.54, 1.807) is 19.9 Å². The first-order chi connectivity index (χ1) is 10.7. The molecule has 0 saturated heterocycles. The summed E-state index contributed by atoms with van der Waals surface area (Å²) >= 11 is 0. The SMILES string of the molecule is CCC(C)(O)C[C@@H](C)/C=C\[C@@H]1OC2=C(C(=O)O[C@H]2C)[C@H](O)[C@H]1O. The number of hydrogen-bond donors (Lipinski definition) is 3. The molecule has 2 aliphatic heterocycles. The van der Waals surface area contributed by atoms with Crippen LogP contribution in [0.3, 0.4) is 0 Å². The van der Waals surface area contributed by atoms with Crippen molar-refractivity contribution in [2.24, 2.45) is 5.92 Å². The molecule has 6 heteroatoms. The summed E-state index contributed by atoms with van der Waals surface area (Å²) in [7, 11) is 0. The summed E-state index contributed by atoms with van der Waals surface area (Å²) in [5.41, 5.74) is -0.734. The molecule has 6 nitrogen and oxygen atoms in total. The summed E-state index contributed by atoms with van der Waals surface area (Å²) in [5, 5.41) is 30.4. The molecule has 0 aromatic carbocycles. The monoisotopic (exact) mass is 326 g/mol. The van der Waals surface area contributed by atoms with Crippen molar-refractivity contribution < 1.29 is 29.6 Å². The lowest BCUT2D eigenvalue weighted by Crippen LogP contribution is -2.44. The van der Waals surface area contributed by atoms with Gasteiger partial charge < -0.3 is 24.8 Å². The maximum atomic E-state index is 11.7. The van der Waals surface area contributed by atoms with Gasteiger partial charge >= 0.3 is 5.97 Å². The fourth-order valence-electron chi connectivity index (χ4n) is 2.95. The molecule has 0 spiro atoms. The fraction of sp³-hybridized carbons (Fsp3) is 0.706. The summed E-state index contributed by atoms with van der Waals surface area (Å²) in [6.45, 7) is 7.33. The highest BCUT2D eigenvalue weighted by Gasteiger charge is 2.46. The predicted molar refractivity (Wildman–Crippen MR) is 83.3 cm³/mol. The van der Waals surface area contributed by atoms with Crippen molar-refractivity contribution in [2.75, 3.05) is 0 Å². The molecule has 2 aliphatic rings. The highest BCUT2D eigenvalue weighted by atomic mass is 16.6. The van der Waals surface area contributed by atoms with E-state index in [1.165, 1.54) is 0 Å². The van der Waals surface area contributed by atoms with Crippen molar-refractivity contribution in [3.8, 4) is 0 Å². The Balaban J connectivity index is 2.08. The zero-order valence-electron chi connectivity index (χ0n) is 14.0. The Bertz CT molecular complexity index is 521. The second-order valence-electron chi connectivity index (χ2n) is 6.76. The lowest BCUT2D eigenvalue weighted by atomic mass is 9.89. The van der Waals surface area contributed by atoms with Crippen LogP contribution in [0.4, 0.5) is 0 Å². The van der Waals surface area contributed by atoms with E-state index in [9.17, 15) is 20.1 Å². The van der Waals surface area contributed by atoms with E-state index < -0.39 is 36.0 Å². The molecule has 23 heavy (non-hydrogen) atoms. The van der Waals surface area contributed by atoms with Gasteiger partial charge in [-0.1, -0.05) is 19.9 Å². The van der Waals surface area contributed by atoms with Crippen molar-refractivity contribution in [1.82, 2.24) is 0 Å². The number of rotatable bonds is 5. The minimum atomic E-state index is -1.32. The van der Waals surface area contributed by atoms with Crippen LogP contribution < -0.4 is 0 Å². The summed E-state index contributed by atoms with van der Waals surface area (Å²) < 4.78 is 10.7. The smallest absolute Gasteiger partial charge is 0.341 e. The van der Waals surface area contributed by atoms with Gasteiger partial charge in [0.25, 0.3) is 0 Å². The van der Waals surface area contributed by atoms with Gasteiger partial charge in [0.05, 0.1) is 5.60 Å². The molecule has 2 heterocycles. The molecule has 0 bridgehead atoms. The first-order valence-electron chi connectivity index (χ1n) is 8.04. The molecule has 0 aromatic heterocycles. The number of carbonyl (C=O) groups is 1. The maximum absolute atomic E-state index is 11.7. The Morgan fingerprint density at radius 1 is 1.35 bits per heavy atom. The molecular formula is C17H26O6. The Morgan fingerprint density at radius 3 is 2.61 bits per heavy atom. The van der Waals surface area contributed by atoms with E-state index in [2.05, 4.69) is 0 Å². The van der Waals surface area contributed by atoms with Crippen LogP contribution in [0.5, 0.6) is 0 Å². The highest BCUT2D eigenvalue weighted by Crippen LogP contribution is 2.34. The van der Waals surface area contributed by atoms with Crippen molar-refractivity contribution >= 4 is 5.97 Å². The molecule has 0 aliphatic carbocycles. The Kier molecular flexibility index (Phi) is 5.18. The van der Waals surface area contributed by atoms with Crippen LogP contribution in [-0.2, 0) is 14.3 Å². The van der Waals surface area contributed by atoms with Crippen LogP contribution in [0.1, 0.15) is 40.5 Å². The first-order valence-corrected chi connectivity index (χ1v) is 8.04. The molecule has 0 radical (unpaired) electrons. The van der Waals surface area contributed by atoms with Crippen molar-refractivity contribution in [1.29, 1.82) is 0 Å². The van der Waals surface area contributed by atoms with Gasteiger partial charge in [-0.3, -0.25) is 0 Å². The van der Waals surface area contributed by atoms with Gasteiger partial charge in [-0.05, 0) is 38.7 Å². The number of hydrogen-bond acceptors (Lipinski definition) is 6. The number of allylic oxidation sites excluding steroid dienone is 1. The third-order valence-corrected chi connectivity index (χ3v) is 4.51. The van der Waals surface area contributed by atoms with E-state index in [4.69, 9.17) is 9.47 Å². The number of carbonyl (C=O) groups excluding carboxylic acids is 1. The molecular weight excluding hydrogens is 300 g/mol. The normalized spacial score (nSPS) is 34.8. The van der Waals surface area contributed by atoms with Gasteiger partial charge in [0.15, 0.2) is 11.9 Å². The number of esters is 1. The zero-order valence-corrected chi connectivity index (χ0v) is 14.0. The maximum Gasteiger partial charge on any atom is 0.341 e. The average molecular weight is 326 g/mol. The standard InChI is InChI=1S/C17H26O6/c1-5-17(4,21)8-9(2)6-7-11-13(18)14(19)12-15(23-11)10(3)22-16(12)20/h6-7,9-11,13-14,18-19,21H,5,8H2,1-4H3/b7-6-/t9-,10-,11-,13-,14-,17?/m0/s1. The molecule has 1 unspecified atom stereocenters. The average Bonchev–Trinajstić information content (AvgIpc) is 2.75. The highest BCUT2D eigenvalue weighted by molar-refractivity contribution is 5.93. The summed E-state index contributed by atoms with van der Waals surface area (Å²) in [4.78, 5) is 11.7. The van der Waals surface area contributed by atoms with Gasteiger partial charge in [-0.25, -0.2) is 4.79 Å². The van der Waals surface area contributed by atoms with Crippen LogP contribution in [0.25, 0.3) is 0 Å². The number of ether oxygens (including phenoxy) is 2. The predicted octanol–water partition coefficient (Wildman–Crippen LogP) is 1.05. The van der Waals surface area contributed by atoms with Gasteiger partial charge in [-0.15, -0.1) is 0 Å². The molecule has 130 valence electrons. The van der Waals surface area contributed by atoms with Gasteiger partial charge in [0, 0.05) is 0 Å². The third kappa shape index (κ3) is 3.76. The van der Waals surface area contributed by atoms with Crippen LogP contribution in [-0.4, -0.2) is 51.3 Å². The number of aliphatic hydroxyl groups is 3. The second-order valence-corrected chi connectivity index (χ2v) is 6.76. The van der Waals surface area contributed by atoms with E-state index in [1.807, 2.05) is 19.9 Å². The fourth-order valence-corrected chi connectivity index (χ4v) is 2.95. The van der Waals surface area contributed by atoms with Crippen LogP contribution in [0.2, 0.25) is 0 Å². The third-order valence-electron chi connectivity index (χ3n) is 4.51. The quantitative estimate of drug-likeness (QED) is 0.516. The van der Waals surface area contributed by atoms with Crippen molar-refractivity contribution in [3.63, 3.8) is 0 Å². The molecule has 6 atom stereocenters. The molecule has 0 fully saturated rings. The molecule has 0 saturated carbocycles. The van der Waals surface area contributed by atoms with Crippen molar-refractivity contribution in [2.45, 2.75) is 70.6 Å². The minimum Gasteiger partial charge on any atom is -0.483 e. The van der Waals surface area contributed by atoms with Gasteiger partial charge in [0.2, 0.25) is 0 Å². The Morgan fingerprint density at radius 2 is 2.00 bits per heavy atom. The Labute approximate surface area is 136 Å². The van der Waals surface area contributed by atoms with Crippen molar-refractivity contribution in [3.05, 3.63) is 23.5 Å². The molecule has 2 rings (SSSR count).